The molecule has 0 fully saturated rings. The van der Waals surface area contributed by atoms with Gasteiger partial charge in [-0.2, -0.15) is 5.10 Å². The number of halogens is 1. The zero-order valence-electron chi connectivity index (χ0n) is 6.53. The molecule has 2 rings (SSSR count). The van der Waals surface area contributed by atoms with E-state index in [1.807, 2.05) is 0 Å². The molecule has 0 saturated carbocycles. The van der Waals surface area contributed by atoms with E-state index in [4.69, 9.17) is 10.2 Å². The molecule has 3 N–H and O–H groups in total. The molecule has 4 nitrogen and oxygen atoms in total. The van der Waals surface area contributed by atoms with Gasteiger partial charge in [0.1, 0.15) is 11.5 Å². The van der Waals surface area contributed by atoms with Crippen LogP contribution >= 0.6 is 0 Å². The first-order valence-electron chi connectivity index (χ1n) is 3.68. The van der Waals surface area contributed by atoms with Gasteiger partial charge in [0.2, 0.25) is 0 Å². The van der Waals surface area contributed by atoms with Gasteiger partial charge in [0, 0.05) is 5.39 Å². The number of nitrogens with one attached hydrogen (secondary N) is 1. The van der Waals surface area contributed by atoms with Gasteiger partial charge in [0.05, 0.1) is 5.52 Å². The highest BCUT2D eigenvalue weighted by molar-refractivity contribution is 5.81. The maximum atomic E-state index is 12.8. The van der Waals surface area contributed by atoms with Gasteiger partial charge in [-0.3, -0.25) is 5.10 Å². The van der Waals surface area contributed by atoms with E-state index in [2.05, 4.69) is 10.2 Å². The van der Waals surface area contributed by atoms with Gasteiger partial charge in [-0.15, -0.1) is 0 Å². The van der Waals surface area contributed by atoms with Crippen molar-refractivity contribution < 1.29 is 14.6 Å². The van der Waals surface area contributed by atoms with Crippen molar-refractivity contribution in [2.45, 2.75) is 6.29 Å². The highest BCUT2D eigenvalue weighted by Crippen LogP contribution is 2.20. The number of aliphatic hydroxyl groups excluding tert-OH is 1. The van der Waals surface area contributed by atoms with Crippen molar-refractivity contribution >= 4 is 10.9 Å². The first-order valence-corrected chi connectivity index (χ1v) is 3.68. The molecule has 1 aromatic carbocycles. The Hall–Kier alpha value is -1.46. The Morgan fingerprint density at radius 3 is 2.85 bits per heavy atom. The number of benzene rings is 1. The van der Waals surface area contributed by atoms with Crippen LogP contribution in [0.1, 0.15) is 12.0 Å². The van der Waals surface area contributed by atoms with Crippen LogP contribution in [-0.2, 0) is 0 Å². The Balaban J connectivity index is 2.71. The number of H-pyrrole nitrogens is 1. The van der Waals surface area contributed by atoms with Crippen LogP contribution in [0.5, 0.6) is 0 Å². The van der Waals surface area contributed by atoms with E-state index in [1.165, 1.54) is 18.2 Å². The lowest BCUT2D eigenvalue weighted by atomic mass is 10.2. The van der Waals surface area contributed by atoms with Crippen molar-refractivity contribution in [3.05, 3.63) is 29.7 Å². The molecule has 0 aliphatic carbocycles. The van der Waals surface area contributed by atoms with Crippen LogP contribution in [0.4, 0.5) is 4.39 Å². The third-order valence-electron chi connectivity index (χ3n) is 1.80. The van der Waals surface area contributed by atoms with E-state index in [9.17, 15) is 4.39 Å². The number of aliphatic hydroxyl groups is 2. The largest absolute Gasteiger partial charge is 0.363 e. The van der Waals surface area contributed by atoms with E-state index in [1.54, 1.807) is 0 Å². The van der Waals surface area contributed by atoms with Crippen LogP contribution < -0.4 is 0 Å². The summed E-state index contributed by atoms with van der Waals surface area (Å²) in [5, 5.41) is 24.3. The Morgan fingerprint density at radius 2 is 2.15 bits per heavy atom. The fraction of sp³-hybridized carbons (Fsp3) is 0.125. The van der Waals surface area contributed by atoms with Crippen LogP contribution in [0.25, 0.3) is 10.9 Å². The van der Waals surface area contributed by atoms with Crippen molar-refractivity contribution in [3.8, 4) is 0 Å². The van der Waals surface area contributed by atoms with E-state index in [0.29, 0.717) is 10.9 Å². The van der Waals surface area contributed by atoms with E-state index in [-0.39, 0.29) is 5.69 Å². The molecule has 5 heteroatoms. The predicted octanol–water partition coefficient (Wildman–Crippen LogP) is 0.685. The molecule has 0 aliphatic heterocycles. The fourth-order valence-corrected chi connectivity index (χ4v) is 1.20. The number of aromatic amines is 1. The third-order valence-corrected chi connectivity index (χ3v) is 1.80. The highest BCUT2D eigenvalue weighted by atomic mass is 19.1. The Kier molecular flexibility index (Phi) is 1.75. The molecule has 0 aliphatic rings. The van der Waals surface area contributed by atoms with Crippen molar-refractivity contribution in [2.24, 2.45) is 0 Å². The fourth-order valence-electron chi connectivity index (χ4n) is 1.20. The summed E-state index contributed by atoms with van der Waals surface area (Å²) >= 11 is 0. The number of aromatic nitrogens is 2. The van der Waals surface area contributed by atoms with E-state index >= 15 is 0 Å². The molecule has 2 aromatic rings. The second-order valence-corrected chi connectivity index (χ2v) is 2.67. The van der Waals surface area contributed by atoms with Gasteiger partial charge >= 0.3 is 0 Å². The smallest absolute Gasteiger partial charge is 0.198 e. The molecule has 0 bridgehead atoms. The van der Waals surface area contributed by atoms with Crippen molar-refractivity contribution in [1.82, 2.24) is 10.2 Å². The minimum atomic E-state index is -1.68. The monoisotopic (exact) mass is 182 g/mol. The Labute approximate surface area is 72.6 Å². The third kappa shape index (κ3) is 1.28. The predicted molar refractivity (Wildman–Crippen MR) is 43.2 cm³/mol. The number of rotatable bonds is 1. The Morgan fingerprint density at radius 1 is 1.38 bits per heavy atom. The topological polar surface area (TPSA) is 69.1 Å². The number of hydrogen-bond acceptors (Lipinski definition) is 3. The highest BCUT2D eigenvalue weighted by Gasteiger charge is 2.11. The molecule has 13 heavy (non-hydrogen) atoms. The summed E-state index contributed by atoms with van der Waals surface area (Å²) in [5.41, 5.74) is 0.610. The Bertz CT molecular complexity index is 439. The van der Waals surface area contributed by atoms with E-state index in [0.717, 1.165) is 0 Å². The van der Waals surface area contributed by atoms with Crippen LogP contribution in [0.3, 0.4) is 0 Å². The molecule has 1 aromatic heterocycles. The first-order chi connectivity index (χ1) is 6.18. The quantitative estimate of drug-likeness (QED) is 0.568. The maximum Gasteiger partial charge on any atom is 0.198 e. The molecule has 0 saturated heterocycles. The maximum absolute atomic E-state index is 12.8. The molecule has 1 heterocycles. The summed E-state index contributed by atoms with van der Waals surface area (Å²) in [6.45, 7) is 0. The molecule has 68 valence electrons. The minimum absolute atomic E-state index is 0.0366. The lowest BCUT2D eigenvalue weighted by molar-refractivity contribution is -0.0447. The van der Waals surface area contributed by atoms with Crippen molar-refractivity contribution in [2.75, 3.05) is 0 Å². The van der Waals surface area contributed by atoms with E-state index < -0.39 is 12.1 Å². The van der Waals surface area contributed by atoms with Gasteiger partial charge in [0.15, 0.2) is 6.29 Å². The average Bonchev–Trinajstić information content (AvgIpc) is 2.46. The van der Waals surface area contributed by atoms with Crippen LogP contribution in [-0.4, -0.2) is 20.4 Å². The molecular formula is C8H7FN2O2. The average molecular weight is 182 g/mol. The summed E-state index contributed by atoms with van der Waals surface area (Å²) in [6.07, 6.45) is -1.68. The lowest BCUT2D eigenvalue weighted by Crippen LogP contribution is -1.95. The first kappa shape index (κ1) is 8.15. The van der Waals surface area contributed by atoms with Crippen molar-refractivity contribution in [3.63, 3.8) is 0 Å². The lowest BCUT2D eigenvalue weighted by Gasteiger charge is -1.97. The normalized spacial score (nSPS) is 11.4. The zero-order chi connectivity index (χ0) is 9.42. The summed E-state index contributed by atoms with van der Waals surface area (Å²) in [5.74, 6) is -0.434. The molecule has 0 radical (unpaired) electrons. The molecule has 0 spiro atoms. The second kappa shape index (κ2) is 2.79. The second-order valence-electron chi connectivity index (χ2n) is 2.67. The zero-order valence-corrected chi connectivity index (χ0v) is 6.53. The van der Waals surface area contributed by atoms with Gasteiger partial charge in [-0.05, 0) is 18.2 Å². The van der Waals surface area contributed by atoms with Gasteiger partial charge in [-0.1, -0.05) is 0 Å². The SMILES string of the molecule is OC(O)c1n[nH]c2ccc(F)cc12. The molecular weight excluding hydrogens is 175 g/mol. The van der Waals surface area contributed by atoms with Crippen molar-refractivity contribution in [1.29, 1.82) is 0 Å². The number of fused-ring (bicyclic) bond motifs is 1. The molecule has 0 amide bonds. The summed E-state index contributed by atoms with van der Waals surface area (Å²) in [7, 11) is 0. The minimum Gasteiger partial charge on any atom is -0.363 e. The molecule has 0 atom stereocenters. The van der Waals surface area contributed by atoms with Crippen LogP contribution in [0.2, 0.25) is 0 Å². The van der Waals surface area contributed by atoms with Gasteiger partial charge in [0.25, 0.3) is 0 Å². The summed E-state index contributed by atoms with van der Waals surface area (Å²) < 4.78 is 12.8. The number of nitrogens with zero attached hydrogens (tertiary/aromatic N) is 1. The van der Waals surface area contributed by atoms with Crippen LogP contribution in [0, 0.1) is 5.82 Å². The van der Waals surface area contributed by atoms with Gasteiger partial charge in [-0.25, -0.2) is 4.39 Å². The standard InChI is InChI=1S/C8H7FN2O2/c9-4-1-2-6-5(3-4)7(8(12)13)11-10-6/h1-3,8,12-13H,(H,10,11). The summed E-state index contributed by atoms with van der Waals surface area (Å²) in [6, 6.07) is 3.96. The summed E-state index contributed by atoms with van der Waals surface area (Å²) in [4.78, 5) is 0. The van der Waals surface area contributed by atoms with Gasteiger partial charge < -0.3 is 10.2 Å². The van der Waals surface area contributed by atoms with Crippen LogP contribution in [0.15, 0.2) is 18.2 Å². The number of hydrogen-bond donors (Lipinski definition) is 3. The molecule has 0 unspecified atom stereocenters.